The largest absolute Gasteiger partial charge is 0.505 e. The lowest BCUT2D eigenvalue weighted by molar-refractivity contribution is -0.361. The highest BCUT2D eigenvalue weighted by Crippen LogP contribution is 2.37. The molecule has 0 aliphatic heterocycles. The van der Waals surface area contributed by atoms with Gasteiger partial charge in [0.1, 0.15) is 23.1 Å². The highest BCUT2D eigenvalue weighted by molar-refractivity contribution is 5.86. The van der Waals surface area contributed by atoms with Crippen LogP contribution in [0.5, 0.6) is 11.5 Å². The van der Waals surface area contributed by atoms with Gasteiger partial charge in [-0.25, -0.2) is 4.98 Å². The first-order valence-corrected chi connectivity index (χ1v) is 10.8. The van der Waals surface area contributed by atoms with Crippen molar-refractivity contribution < 1.29 is 14.8 Å². The molecule has 1 saturated carbocycles. The van der Waals surface area contributed by atoms with E-state index in [9.17, 15) is 5.11 Å². The third-order valence-corrected chi connectivity index (χ3v) is 5.90. The smallest absolute Gasteiger partial charge is 0.272 e. The molecule has 5 rings (SSSR count). The Morgan fingerprint density at radius 3 is 2.74 bits per heavy atom. The fraction of sp³-hybridized carbons (Fsp3) is 0.231. The Morgan fingerprint density at radius 1 is 1.00 bits per heavy atom. The normalized spacial score (nSPS) is 15.1. The monoisotopic (exact) mass is 412 g/mol. The molecule has 0 amide bonds. The highest BCUT2D eigenvalue weighted by Gasteiger charge is 2.25. The Hall–Kier alpha value is -3.60. The van der Waals surface area contributed by atoms with Crippen molar-refractivity contribution in [2.75, 3.05) is 5.32 Å². The average molecular weight is 413 g/mol. The standard InChI is InChI=1S/C26H25N3O2/c30-26-22(14-13-18-8-6-16-28-25(18)26)24(29-23-12-3-4-15-27-23)19-7-5-11-21(17-19)31-20-9-1-2-10-20/h3-8,11-17,20,24,30H,1-2,9-10H2,(H,27,29)/p+1/t24-/m0/s1. The van der Waals surface area contributed by atoms with E-state index in [4.69, 9.17) is 4.74 Å². The van der Waals surface area contributed by atoms with Crippen LogP contribution in [0.1, 0.15) is 42.9 Å². The number of pyridine rings is 2. The third-order valence-electron chi connectivity index (χ3n) is 5.90. The summed E-state index contributed by atoms with van der Waals surface area (Å²) in [6, 6.07) is 21.5. The number of anilines is 1. The maximum atomic E-state index is 11.1. The number of ether oxygens (including phenoxy) is 1. The van der Waals surface area contributed by atoms with Gasteiger partial charge >= 0.3 is 0 Å². The minimum atomic E-state index is -0.280. The Morgan fingerprint density at radius 2 is 1.90 bits per heavy atom. The van der Waals surface area contributed by atoms with E-state index in [0.717, 1.165) is 40.9 Å². The number of fused-ring (bicyclic) bond motifs is 1. The van der Waals surface area contributed by atoms with E-state index in [1.807, 2.05) is 60.8 Å². The SMILES string of the molecule is Oc1c([C@@H](Nc2cccc[nH+]2)c2cccc(OC3CCCC3)c2)ccc2cccnc12. The summed E-state index contributed by atoms with van der Waals surface area (Å²) in [5, 5.41) is 15.6. The molecule has 5 heteroatoms. The van der Waals surface area contributed by atoms with E-state index in [-0.39, 0.29) is 11.8 Å². The Bertz CT molecular complexity index is 1170. The van der Waals surface area contributed by atoms with Gasteiger partial charge in [-0.1, -0.05) is 30.3 Å². The first kappa shape index (κ1) is 19.4. The number of hydrogen-bond acceptors (Lipinski definition) is 4. The predicted molar refractivity (Wildman–Crippen MR) is 121 cm³/mol. The molecule has 0 bridgehead atoms. The summed E-state index contributed by atoms with van der Waals surface area (Å²) in [5.74, 6) is 1.91. The highest BCUT2D eigenvalue weighted by atomic mass is 16.5. The van der Waals surface area contributed by atoms with Gasteiger partial charge in [0, 0.05) is 28.8 Å². The summed E-state index contributed by atoms with van der Waals surface area (Å²) >= 11 is 0. The maximum absolute atomic E-state index is 11.1. The minimum absolute atomic E-state index is 0.189. The second-order valence-corrected chi connectivity index (χ2v) is 8.03. The van der Waals surface area contributed by atoms with Crippen molar-refractivity contribution in [1.29, 1.82) is 0 Å². The van der Waals surface area contributed by atoms with E-state index in [2.05, 4.69) is 27.4 Å². The van der Waals surface area contributed by atoms with Gasteiger partial charge in [-0.2, -0.15) is 0 Å². The average Bonchev–Trinajstić information content (AvgIpc) is 3.32. The predicted octanol–water partition coefficient (Wildman–Crippen LogP) is 5.28. The van der Waals surface area contributed by atoms with Crippen LogP contribution < -0.4 is 15.0 Å². The van der Waals surface area contributed by atoms with Gasteiger partial charge < -0.3 is 9.84 Å². The van der Waals surface area contributed by atoms with Crippen LogP contribution in [0.25, 0.3) is 10.9 Å². The Labute approximate surface area is 181 Å². The number of phenolic OH excluding ortho intramolecular Hbond substituents is 1. The lowest BCUT2D eigenvalue weighted by atomic mass is 9.96. The molecule has 5 nitrogen and oxygen atoms in total. The Balaban J connectivity index is 1.56. The van der Waals surface area contributed by atoms with Crippen molar-refractivity contribution >= 4 is 16.7 Å². The molecule has 1 aliphatic carbocycles. The fourth-order valence-electron chi connectivity index (χ4n) is 4.32. The first-order chi connectivity index (χ1) is 15.3. The lowest BCUT2D eigenvalue weighted by Crippen LogP contribution is -2.19. The zero-order valence-corrected chi connectivity index (χ0v) is 17.3. The summed E-state index contributed by atoms with van der Waals surface area (Å²) in [5.41, 5.74) is 2.38. The fourth-order valence-corrected chi connectivity index (χ4v) is 4.32. The molecule has 0 unspecified atom stereocenters. The summed E-state index contributed by atoms with van der Waals surface area (Å²) in [6.07, 6.45) is 8.56. The van der Waals surface area contributed by atoms with Gasteiger partial charge in [0.2, 0.25) is 0 Å². The minimum Gasteiger partial charge on any atom is -0.505 e. The van der Waals surface area contributed by atoms with E-state index >= 15 is 0 Å². The molecule has 3 N–H and O–H groups in total. The molecule has 0 spiro atoms. The maximum Gasteiger partial charge on any atom is 0.272 e. The molecule has 1 fully saturated rings. The van der Waals surface area contributed by atoms with Crippen LogP contribution in [0, 0.1) is 0 Å². The van der Waals surface area contributed by atoms with Gasteiger partial charge in [0.15, 0.2) is 0 Å². The van der Waals surface area contributed by atoms with Crippen molar-refractivity contribution in [1.82, 2.24) is 4.98 Å². The number of hydrogen-bond donors (Lipinski definition) is 2. The van der Waals surface area contributed by atoms with Crippen LogP contribution in [-0.4, -0.2) is 16.2 Å². The molecule has 0 radical (unpaired) electrons. The summed E-state index contributed by atoms with van der Waals surface area (Å²) < 4.78 is 6.24. The molecular weight excluding hydrogens is 386 g/mol. The second kappa shape index (κ2) is 8.64. The molecule has 1 atom stereocenters. The molecule has 2 aromatic heterocycles. The third kappa shape index (κ3) is 4.17. The van der Waals surface area contributed by atoms with Crippen molar-refractivity contribution in [3.8, 4) is 11.5 Å². The van der Waals surface area contributed by atoms with E-state index in [1.54, 1.807) is 6.20 Å². The number of nitrogens with zero attached hydrogens (tertiary/aromatic N) is 1. The quantitative estimate of drug-likeness (QED) is 0.452. The number of aromatic amines is 1. The van der Waals surface area contributed by atoms with Crippen molar-refractivity contribution in [2.45, 2.75) is 37.8 Å². The molecule has 156 valence electrons. The zero-order valence-electron chi connectivity index (χ0n) is 17.3. The first-order valence-electron chi connectivity index (χ1n) is 10.8. The van der Waals surface area contributed by atoms with E-state index in [0.29, 0.717) is 11.6 Å². The number of nitrogens with one attached hydrogen (secondary N) is 2. The number of aromatic hydroxyl groups is 1. The Kier molecular flexibility index (Phi) is 5.40. The van der Waals surface area contributed by atoms with Crippen LogP contribution in [-0.2, 0) is 0 Å². The van der Waals surface area contributed by atoms with Crippen molar-refractivity contribution in [3.63, 3.8) is 0 Å². The topological polar surface area (TPSA) is 68.5 Å². The molecule has 2 aromatic carbocycles. The second-order valence-electron chi connectivity index (χ2n) is 8.03. The van der Waals surface area contributed by atoms with Crippen LogP contribution in [0.3, 0.4) is 0 Å². The summed E-state index contributed by atoms with van der Waals surface area (Å²) in [6.45, 7) is 0. The van der Waals surface area contributed by atoms with Crippen molar-refractivity contribution in [3.05, 3.63) is 90.3 Å². The van der Waals surface area contributed by atoms with Gasteiger partial charge in [-0.05, 0) is 56.0 Å². The number of H-pyrrole nitrogens is 1. The molecule has 4 aromatic rings. The van der Waals surface area contributed by atoms with Gasteiger partial charge in [-0.15, -0.1) is 0 Å². The van der Waals surface area contributed by atoms with Crippen LogP contribution in [0.4, 0.5) is 5.82 Å². The number of rotatable bonds is 6. The molecular formula is C26H26N3O2+. The van der Waals surface area contributed by atoms with Gasteiger partial charge in [0.05, 0.1) is 12.3 Å². The van der Waals surface area contributed by atoms with Crippen LogP contribution >= 0.6 is 0 Å². The lowest BCUT2D eigenvalue weighted by Gasteiger charge is -2.19. The van der Waals surface area contributed by atoms with Gasteiger partial charge in [0.25, 0.3) is 5.82 Å². The molecule has 31 heavy (non-hydrogen) atoms. The molecule has 2 heterocycles. The van der Waals surface area contributed by atoms with E-state index in [1.165, 1.54) is 12.8 Å². The van der Waals surface area contributed by atoms with Crippen LogP contribution in [0.15, 0.2) is 79.1 Å². The van der Waals surface area contributed by atoms with Crippen LogP contribution in [0.2, 0.25) is 0 Å². The zero-order chi connectivity index (χ0) is 21.0. The molecule has 0 saturated heterocycles. The van der Waals surface area contributed by atoms with E-state index < -0.39 is 0 Å². The number of phenols is 1. The number of aromatic nitrogens is 2. The molecule has 1 aliphatic rings. The summed E-state index contributed by atoms with van der Waals surface area (Å²) in [7, 11) is 0. The van der Waals surface area contributed by atoms with Gasteiger partial charge in [-0.3, -0.25) is 10.3 Å². The summed E-state index contributed by atoms with van der Waals surface area (Å²) in [4.78, 5) is 7.63. The van der Waals surface area contributed by atoms with Crippen molar-refractivity contribution in [2.24, 2.45) is 0 Å². The number of benzene rings is 2.